The molecule has 1 aliphatic heterocycles. The number of ether oxygens (including phenoxy) is 3. The Bertz CT molecular complexity index is 1270. The van der Waals surface area contributed by atoms with Crippen molar-refractivity contribution in [3.8, 4) is 34.3 Å². The minimum atomic E-state index is -1.67. The number of phenolic OH excluding ortho intramolecular Hbond substituents is 2. The maximum absolute atomic E-state index is 13.0. The van der Waals surface area contributed by atoms with Gasteiger partial charge in [-0.25, -0.2) is 0 Å². The van der Waals surface area contributed by atoms with Gasteiger partial charge in [-0.2, -0.15) is 0 Å². The molecule has 3 aromatic rings. The standard InChI is InChI=1S/C23H24O11/c1-9-18(27)17-13(26)6-11(32-23-21(30)20(29)19(28)16(8-24)34-23)7-15(17)33-22(9)10-3-4-12(25)14(5-10)31-2/h3-7,16,19-21,23-26,28-30H,8H2,1-2H3/t16-,19-,20+,21-,23-/m1/s1. The van der Waals surface area contributed by atoms with Crippen LogP contribution >= 0.6 is 0 Å². The van der Waals surface area contributed by atoms with Crippen molar-refractivity contribution in [3.05, 3.63) is 46.1 Å². The zero-order valence-electron chi connectivity index (χ0n) is 18.2. The van der Waals surface area contributed by atoms with Crippen molar-refractivity contribution < 1.29 is 49.3 Å². The second-order valence-electron chi connectivity index (χ2n) is 7.90. The lowest BCUT2D eigenvalue weighted by atomic mass is 9.99. The Labute approximate surface area is 192 Å². The highest BCUT2D eigenvalue weighted by molar-refractivity contribution is 5.87. The number of aromatic hydroxyl groups is 2. The van der Waals surface area contributed by atoms with Crippen LogP contribution in [0.25, 0.3) is 22.3 Å². The number of aliphatic hydroxyl groups is 4. The highest BCUT2D eigenvalue weighted by atomic mass is 16.7. The molecule has 0 unspecified atom stereocenters. The van der Waals surface area contributed by atoms with Gasteiger partial charge in [0.2, 0.25) is 6.29 Å². The molecule has 182 valence electrons. The van der Waals surface area contributed by atoms with E-state index in [1.54, 1.807) is 0 Å². The molecular weight excluding hydrogens is 452 g/mol. The molecule has 0 saturated carbocycles. The van der Waals surface area contributed by atoms with Crippen molar-refractivity contribution in [1.29, 1.82) is 0 Å². The van der Waals surface area contributed by atoms with Gasteiger partial charge in [-0.3, -0.25) is 4.79 Å². The molecule has 0 amide bonds. The highest BCUT2D eigenvalue weighted by Crippen LogP contribution is 2.36. The van der Waals surface area contributed by atoms with E-state index in [2.05, 4.69) is 0 Å². The number of benzene rings is 2. The van der Waals surface area contributed by atoms with Crippen LogP contribution in [0.2, 0.25) is 0 Å². The van der Waals surface area contributed by atoms with Crippen LogP contribution in [0.5, 0.6) is 23.0 Å². The second-order valence-corrected chi connectivity index (χ2v) is 7.90. The van der Waals surface area contributed by atoms with E-state index in [-0.39, 0.29) is 39.5 Å². The Morgan fingerprint density at radius 3 is 2.41 bits per heavy atom. The highest BCUT2D eigenvalue weighted by Gasteiger charge is 2.44. The van der Waals surface area contributed by atoms with Gasteiger partial charge in [0.05, 0.1) is 13.7 Å². The molecule has 34 heavy (non-hydrogen) atoms. The largest absolute Gasteiger partial charge is 0.507 e. The number of hydrogen-bond donors (Lipinski definition) is 6. The number of methoxy groups -OCH3 is 1. The molecule has 0 radical (unpaired) electrons. The van der Waals surface area contributed by atoms with E-state index in [9.17, 15) is 35.4 Å². The zero-order chi connectivity index (χ0) is 24.7. The quantitative estimate of drug-likeness (QED) is 0.299. The zero-order valence-corrected chi connectivity index (χ0v) is 18.2. The fourth-order valence-electron chi connectivity index (χ4n) is 3.82. The first-order chi connectivity index (χ1) is 16.2. The lowest BCUT2D eigenvalue weighted by Crippen LogP contribution is -2.60. The maximum atomic E-state index is 13.0. The van der Waals surface area contributed by atoms with Crippen molar-refractivity contribution in [3.63, 3.8) is 0 Å². The molecule has 0 bridgehead atoms. The van der Waals surface area contributed by atoms with Gasteiger partial charge < -0.3 is 49.3 Å². The fraction of sp³-hybridized carbons (Fsp3) is 0.348. The first-order valence-electron chi connectivity index (χ1n) is 10.3. The molecule has 11 heteroatoms. The summed E-state index contributed by atoms with van der Waals surface area (Å²) in [6.45, 7) is 0.888. The summed E-state index contributed by atoms with van der Waals surface area (Å²) in [6, 6.07) is 6.81. The van der Waals surface area contributed by atoms with E-state index < -0.39 is 48.5 Å². The molecule has 0 aliphatic carbocycles. The van der Waals surface area contributed by atoms with Crippen LogP contribution in [-0.2, 0) is 4.74 Å². The molecule has 0 spiro atoms. The molecule has 1 aromatic heterocycles. The van der Waals surface area contributed by atoms with Crippen molar-refractivity contribution in [2.24, 2.45) is 0 Å². The molecule has 2 aromatic carbocycles. The minimum Gasteiger partial charge on any atom is -0.507 e. The fourth-order valence-corrected chi connectivity index (χ4v) is 3.82. The minimum absolute atomic E-state index is 0.0442. The van der Waals surface area contributed by atoms with Crippen LogP contribution in [-0.4, -0.2) is 75.1 Å². The average Bonchev–Trinajstić information content (AvgIpc) is 2.81. The first kappa shape index (κ1) is 23.8. The SMILES string of the molecule is COc1cc(-c2oc3cc(O[C@@H]4O[C@H](CO)[C@@H](O)[C@H](O)[C@H]4O)cc(O)c3c(=O)c2C)ccc1O. The van der Waals surface area contributed by atoms with Gasteiger partial charge in [-0.15, -0.1) is 0 Å². The van der Waals surface area contributed by atoms with Gasteiger partial charge in [0.25, 0.3) is 0 Å². The van der Waals surface area contributed by atoms with Gasteiger partial charge >= 0.3 is 0 Å². The Morgan fingerprint density at radius 2 is 1.74 bits per heavy atom. The number of fused-ring (bicyclic) bond motifs is 1. The van der Waals surface area contributed by atoms with Crippen LogP contribution in [0.3, 0.4) is 0 Å². The normalized spacial score (nSPS) is 24.8. The first-order valence-corrected chi connectivity index (χ1v) is 10.3. The summed E-state index contributed by atoms with van der Waals surface area (Å²) in [7, 11) is 1.38. The van der Waals surface area contributed by atoms with Crippen LogP contribution in [0.4, 0.5) is 0 Å². The number of rotatable bonds is 5. The summed E-state index contributed by atoms with van der Waals surface area (Å²) in [5, 5.41) is 59.7. The average molecular weight is 476 g/mol. The smallest absolute Gasteiger partial charge is 0.229 e. The van der Waals surface area contributed by atoms with Crippen molar-refractivity contribution in [2.75, 3.05) is 13.7 Å². The molecule has 6 N–H and O–H groups in total. The summed E-state index contributed by atoms with van der Waals surface area (Å²) in [5.41, 5.74) is 0.0986. The lowest BCUT2D eigenvalue weighted by molar-refractivity contribution is -0.277. The molecule has 4 rings (SSSR count). The van der Waals surface area contributed by atoms with Crippen LogP contribution < -0.4 is 14.9 Å². The lowest BCUT2D eigenvalue weighted by Gasteiger charge is -2.39. The Balaban J connectivity index is 1.77. The Morgan fingerprint density at radius 1 is 1.00 bits per heavy atom. The topological polar surface area (TPSA) is 179 Å². The van der Waals surface area contributed by atoms with Crippen LogP contribution in [0.15, 0.2) is 39.5 Å². The van der Waals surface area contributed by atoms with E-state index in [0.717, 1.165) is 6.07 Å². The van der Waals surface area contributed by atoms with Crippen molar-refractivity contribution >= 4 is 11.0 Å². The van der Waals surface area contributed by atoms with Gasteiger partial charge in [-0.1, -0.05) is 0 Å². The number of aliphatic hydroxyl groups excluding tert-OH is 4. The van der Waals surface area contributed by atoms with Crippen LogP contribution in [0.1, 0.15) is 5.56 Å². The van der Waals surface area contributed by atoms with Gasteiger partial charge in [-0.05, 0) is 25.1 Å². The van der Waals surface area contributed by atoms with E-state index >= 15 is 0 Å². The van der Waals surface area contributed by atoms with E-state index in [1.165, 1.54) is 38.3 Å². The van der Waals surface area contributed by atoms with Crippen molar-refractivity contribution in [1.82, 2.24) is 0 Å². The molecule has 1 fully saturated rings. The number of phenols is 2. The third-order valence-electron chi connectivity index (χ3n) is 5.72. The van der Waals surface area contributed by atoms with Gasteiger partial charge in [0, 0.05) is 23.3 Å². The summed E-state index contributed by atoms with van der Waals surface area (Å²) in [5.74, 6) is -0.290. The Kier molecular flexibility index (Phi) is 6.39. The molecule has 1 aliphatic rings. The summed E-state index contributed by atoms with van der Waals surface area (Å²) in [4.78, 5) is 13.0. The monoisotopic (exact) mass is 476 g/mol. The molecular formula is C23H24O11. The van der Waals surface area contributed by atoms with E-state index in [0.29, 0.717) is 5.56 Å². The van der Waals surface area contributed by atoms with Gasteiger partial charge in [0.1, 0.15) is 52.6 Å². The summed E-state index contributed by atoms with van der Waals surface area (Å²) < 4.78 is 21.9. The molecule has 1 saturated heterocycles. The maximum Gasteiger partial charge on any atom is 0.229 e. The van der Waals surface area contributed by atoms with Crippen molar-refractivity contribution in [2.45, 2.75) is 37.6 Å². The van der Waals surface area contributed by atoms with Gasteiger partial charge in [0.15, 0.2) is 16.9 Å². The predicted octanol–water partition coefficient (Wildman–Crippen LogP) is 0.367. The molecule has 11 nitrogen and oxygen atoms in total. The Hall–Kier alpha value is -3.35. The molecule has 2 heterocycles. The second kappa shape index (κ2) is 9.12. The summed E-state index contributed by atoms with van der Waals surface area (Å²) in [6.07, 6.45) is -7.56. The van der Waals surface area contributed by atoms with E-state index in [4.69, 9.17) is 18.6 Å². The third-order valence-corrected chi connectivity index (χ3v) is 5.72. The number of hydrogen-bond acceptors (Lipinski definition) is 11. The van der Waals surface area contributed by atoms with Crippen LogP contribution in [0, 0.1) is 6.92 Å². The third kappa shape index (κ3) is 4.04. The van der Waals surface area contributed by atoms with E-state index in [1.807, 2.05) is 0 Å². The molecule has 5 atom stereocenters. The predicted molar refractivity (Wildman–Crippen MR) is 117 cm³/mol. The summed E-state index contributed by atoms with van der Waals surface area (Å²) >= 11 is 0.